The van der Waals surface area contributed by atoms with E-state index in [0.717, 1.165) is 11.5 Å². The van der Waals surface area contributed by atoms with Crippen molar-refractivity contribution >= 4 is 5.82 Å². The Balaban J connectivity index is 2.56. The number of aliphatic hydroxyl groups excluding tert-OH is 2. The molecule has 0 radical (unpaired) electrons. The Morgan fingerprint density at radius 2 is 2.26 bits per heavy atom. The number of nitrogen functional groups attached to an aromatic ring is 1. The summed E-state index contributed by atoms with van der Waals surface area (Å²) < 4.78 is 21.0. The molecule has 0 bridgehead atoms. The van der Waals surface area contributed by atoms with E-state index in [1.807, 2.05) is 0 Å². The maximum atomic E-state index is 14.8. The predicted octanol–water partition coefficient (Wildman–Crippen LogP) is -1.02. The zero-order valence-corrected chi connectivity index (χ0v) is 10.6. The number of nitrogens with zero attached hydrogens (tertiary/aromatic N) is 2. The van der Waals surface area contributed by atoms with Crippen LogP contribution in [0.4, 0.5) is 10.2 Å². The molecule has 1 fully saturated rings. The number of hydrogen-bond donors (Lipinski definition) is 3. The van der Waals surface area contributed by atoms with Gasteiger partial charge in [0.2, 0.25) is 0 Å². The lowest BCUT2D eigenvalue weighted by Gasteiger charge is -2.35. The van der Waals surface area contributed by atoms with Gasteiger partial charge in [0.1, 0.15) is 18.0 Å². The Morgan fingerprint density at radius 3 is 2.74 bits per heavy atom. The summed E-state index contributed by atoms with van der Waals surface area (Å²) in [7, 11) is 0. The van der Waals surface area contributed by atoms with Crippen LogP contribution >= 0.6 is 0 Å². The molecule has 2 heterocycles. The highest BCUT2D eigenvalue weighted by molar-refractivity contribution is 5.24. The van der Waals surface area contributed by atoms with Crippen LogP contribution in [0.3, 0.4) is 0 Å². The lowest BCUT2D eigenvalue weighted by atomic mass is 9.90. The summed E-state index contributed by atoms with van der Waals surface area (Å²) in [5.74, 6) is 0.00247. The Labute approximate surface area is 108 Å². The fourth-order valence-corrected chi connectivity index (χ4v) is 2.27. The van der Waals surface area contributed by atoms with Gasteiger partial charge >= 0.3 is 5.69 Å². The number of ether oxygens (including phenoxy) is 1. The van der Waals surface area contributed by atoms with Crippen molar-refractivity contribution in [2.75, 3.05) is 12.3 Å². The van der Waals surface area contributed by atoms with Gasteiger partial charge in [0.25, 0.3) is 0 Å². The number of nitrogens with two attached hydrogens (primary N) is 1. The molecule has 8 heteroatoms. The first kappa shape index (κ1) is 13.9. The third-order valence-electron chi connectivity index (χ3n) is 3.66. The molecule has 1 aromatic rings. The third-order valence-corrected chi connectivity index (χ3v) is 3.66. The fraction of sp³-hybridized carbons (Fsp3) is 0.636. The molecule has 2 rings (SSSR count). The number of alkyl halides is 1. The molecular formula is C11H16FN3O4. The second kappa shape index (κ2) is 4.26. The maximum Gasteiger partial charge on any atom is 0.351 e. The topological polar surface area (TPSA) is 111 Å². The SMILES string of the molecule is CC1(F)[C@H](O)C(CO)O[C@]1(C)n1ccc(N)nc1=O. The molecule has 0 spiro atoms. The van der Waals surface area contributed by atoms with E-state index in [-0.39, 0.29) is 5.82 Å². The molecule has 0 aliphatic carbocycles. The van der Waals surface area contributed by atoms with Crippen molar-refractivity contribution in [2.45, 2.75) is 37.4 Å². The monoisotopic (exact) mass is 273 g/mol. The lowest BCUT2D eigenvalue weighted by Crippen LogP contribution is -2.54. The van der Waals surface area contributed by atoms with Crippen LogP contribution in [0.25, 0.3) is 0 Å². The molecule has 4 N–H and O–H groups in total. The van der Waals surface area contributed by atoms with Gasteiger partial charge in [-0.3, -0.25) is 4.57 Å². The largest absolute Gasteiger partial charge is 0.394 e. The van der Waals surface area contributed by atoms with Crippen molar-refractivity contribution in [1.29, 1.82) is 0 Å². The van der Waals surface area contributed by atoms with E-state index >= 15 is 0 Å². The molecule has 0 amide bonds. The van der Waals surface area contributed by atoms with Crippen LogP contribution < -0.4 is 11.4 Å². The van der Waals surface area contributed by atoms with Gasteiger partial charge in [0.05, 0.1) is 6.61 Å². The Morgan fingerprint density at radius 1 is 1.63 bits per heavy atom. The zero-order valence-electron chi connectivity index (χ0n) is 10.6. The van der Waals surface area contributed by atoms with Crippen molar-refractivity contribution in [2.24, 2.45) is 0 Å². The molecule has 4 atom stereocenters. The maximum absolute atomic E-state index is 14.8. The van der Waals surface area contributed by atoms with E-state index in [4.69, 9.17) is 15.6 Å². The summed E-state index contributed by atoms with van der Waals surface area (Å²) in [4.78, 5) is 15.3. The van der Waals surface area contributed by atoms with Gasteiger partial charge < -0.3 is 20.7 Å². The second-order valence-electron chi connectivity index (χ2n) is 4.85. The van der Waals surface area contributed by atoms with Crippen molar-refractivity contribution < 1.29 is 19.3 Å². The van der Waals surface area contributed by atoms with Crippen LogP contribution in [0, 0.1) is 0 Å². The first-order valence-electron chi connectivity index (χ1n) is 5.75. The summed E-state index contributed by atoms with van der Waals surface area (Å²) in [5.41, 5.74) is 0.519. The van der Waals surface area contributed by atoms with Crippen molar-refractivity contribution in [3.8, 4) is 0 Å². The first-order chi connectivity index (χ1) is 8.74. The number of halogens is 1. The minimum Gasteiger partial charge on any atom is -0.394 e. The zero-order chi connectivity index (χ0) is 14.4. The summed E-state index contributed by atoms with van der Waals surface area (Å²) in [6.07, 6.45) is -1.44. The Bertz CT molecular complexity index is 547. The van der Waals surface area contributed by atoms with E-state index in [9.17, 15) is 14.3 Å². The van der Waals surface area contributed by atoms with Gasteiger partial charge in [-0.15, -0.1) is 0 Å². The van der Waals surface area contributed by atoms with Gasteiger partial charge in [-0.05, 0) is 19.9 Å². The molecule has 0 saturated carbocycles. The third kappa shape index (κ3) is 1.83. The highest BCUT2D eigenvalue weighted by Gasteiger charge is 2.63. The minimum absolute atomic E-state index is 0.00247. The quantitative estimate of drug-likeness (QED) is 0.636. The molecule has 1 saturated heterocycles. The van der Waals surface area contributed by atoms with Gasteiger partial charge in [0, 0.05) is 6.20 Å². The van der Waals surface area contributed by atoms with Gasteiger partial charge in [-0.2, -0.15) is 4.98 Å². The molecule has 106 valence electrons. The molecule has 1 aliphatic rings. The fourth-order valence-electron chi connectivity index (χ4n) is 2.27. The van der Waals surface area contributed by atoms with Crippen LogP contribution in [-0.2, 0) is 10.5 Å². The number of aliphatic hydroxyl groups is 2. The Kier molecular flexibility index (Phi) is 3.12. The lowest BCUT2D eigenvalue weighted by molar-refractivity contribution is -0.149. The highest BCUT2D eigenvalue weighted by Crippen LogP contribution is 2.45. The second-order valence-corrected chi connectivity index (χ2v) is 4.85. The average Bonchev–Trinajstić information content (AvgIpc) is 2.50. The van der Waals surface area contributed by atoms with E-state index in [1.54, 1.807) is 0 Å². The van der Waals surface area contributed by atoms with Crippen molar-refractivity contribution in [3.05, 3.63) is 22.7 Å². The van der Waals surface area contributed by atoms with Crippen LogP contribution in [0.2, 0.25) is 0 Å². The standard InChI is InChI=1S/C11H16FN3O4/c1-10(12)8(17)6(5-16)19-11(10,2)15-4-3-7(13)14-9(15)18/h3-4,6,8,16-17H,5H2,1-2H3,(H2,13,14,18)/t6?,8-,10?,11+/m1/s1. The number of anilines is 1. The first-order valence-corrected chi connectivity index (χ1v) is 5.75. The van der Waals surface area contributed by atoms with E-state index < -0.39 is 35.9 Å². The van der Waals surface area contributed by atoms with Crippen molar-refractivity contribution in [3.63, 3.8) is 0 Å². The average molecular weight is 273 g/mol. The van der Waals surface area contributed by atoms with Gasteiger partial charge in [-0.1, -0.05) is 0 Å². The molecule has 7 nitrogen and oxygen atoms in total. The van der Waals surface area contributed by atoms with Crippen LogP contribution in [0.5, 0.6) is 0 Å². The molecule has 2 unspecified atom stereocenters. The normalized spacial score (nSPS) is 38.6. The van der Waals surface area contributed by atoms with Crippen molar-refractivity contribution in [1.82, 2.24) is 9.55 Å². The van der Waals surface area contributed by atoms with E-state index in [0.29, 0.717) is 0 Å². The molecular weight excluding hydrogens is 257 g/mol. The highest BCUT2D eigenvalue weighted by atomic mass is 19.1. The number of aromatic nitrogens is 2. The number of rotatable bonds is 2. The van der Waals surface area contributed by atoms with Gasteiger partial charge in [-0.25, -0.2) is 9.18 Å². The predicted molar refractivity (Wildman–Crippen MR) is 64.0 cm³/mol. The van der Waals surface area contributed by atoms with Crippen LogP contribution in [0.15, 0.2) is 17.1 Å². The van der Waals surface area contributed by atoms with Crippen LogP contribution in [-0.4, -0.2) is 44.2 Å². The Hall–Kier alpha value is -1.51. The summed E-state index contributed by atoms with van der Waals surface area (Å²) >= 11 is 0. The minimum atomic E-state index is -2.28. The molecule has 19 heavy (non-hydrogen) atoms. The molecule has 1 aliphatic heterocycles. The smallest absolute Gasteiger partial charge is 0.351 e. The number of hydrogen-bond acceptors (Lipinski definition) is 6. The molecule has 0 aromatic carbocycles. The summed E-state index contributed by atoms with van der Waals surface area (Å²) in [6, 6.07) is 1.32. The summed E-state index contributed by atoms with van der Waals surface area (Å²) in [5, 5.41) is 18.9. The van der Waals surface area contributed by atoms with E-state index in [2.05, 4.69) is 4.98 Å². The van der Waals surface area contributed by atoms with Gasteiger partial charge in [0.15, 0.2) is 11.4 Å². The van der Waals surface area contributed by atoms with E-state index in [1.165, 1.54) is 19.2 Å². The summed E-state index contributed by atoms with van der Waals surface area (Å²) in [6.45, 7) is 1.86. The molecule has 1 aromatic heterocycles. The van der Waals surface area contributed by atoms with Crippen LogP contribution in [0.1, 0.15) is 13.8 Å².